The molecule has 88 valence electrons. The number of hydrogen-bond donors (Lipinski definition) is 1. The van der Waals surface area contributed by atoms with Crippen molar-refractivity contribution in [3.05, 3.63) is 23.9 Å². The van der Waals surface area contributed by atoms with E-state index in [4.69, 9.17) is 10.00 Å². The zero-order valence-corrected chi connectivity index (χ0v) is 9.51. The Morgan fingerprint density at radius 2 is 2.47 bits per heavy atom. The van der Waals surface area contributed by atoms with Crippen LogP contribution >= 0.6 is 0 Å². The van der Waals surface area contributed by atoms with Gasteiger partial charge < -0.3 is 10.1 Å². The van der Waals surface area contributed by atoms with E-state index in [2.05, 4.69) is 10.3 Å². The fraction of sp³-hybridized carbons (Fsp3) is 0.417. The highest BCUT2D eigenvalue weighted by atomic mass is 16.5. The predicted octanol–water partition coefficient (Wildman–Crippen LogP) is 1.32. The molecule has 5 heteroatoms. The van der Waals surface area contributed by atoms with Crippen LogP contribution in [0.4, 0.5) is 5.82 Å². The lowest BCUT2D eigenvalue weighted by Crippen LogP contribution is -2.23. The molecule has 1 aromatic heterocycles. The molecule has 1 aliphatic rings. The van der Waals surface area contributed by atoms with Crippen LogP contribution < -0.4 is 5.32 Å². The van der Waals surface area contributed by atoms with Gasteiger partial charge in [0.15, 0.2) is 0 Å². The van der Waals surface area contributed by atoms with Gasteiger partial charge in [-0.1, -0.05) is 0 Å². The third-order valence-corrected chi connectivity index (χ3v) is 2.71. The van der Waals surface area contributed by atoms with Crippen LogP contribution in [-0.2, 0) is 9.53 Å². The number of nitrogens with zero attached hydrogens (tertiary/aromatic N) is 2. The first-order chi connectivity index (χ1) is 8.19. The van der Waals surface area contributed by atoms with Crippen molar-refractivity contribution in [2.45, 2.75) is 19.4 Å². The summed E-state index contributed by atoms with van der Waals surface area (Å²) in [5, 5.41) is 11.3. The number of hydrogen-bond acceptors (Lipinski definition) is 4. The molecule has 2 atom stereocenters. The van der Waals surface area contributed by atoms with Gasteiger partial charge in [0, 0.05) is 6.20 Å². The molecule has 1 amide bonds. The zero-order chi connectivity index (χ0) is 12.3. The minimum absolute atomic E-state index is 0.0773. The van der Waals surface area contributed by atoms with Gasteiger partial charge in [0.25, 0.3) is 0 Å². The molecule has 5 nitrogen and oxygen atoms in total. The Kier molecular flexibility index (Phi) is 3.35. The quantitative estimate of drug-likeness (QED) is 0.832. The summed E-state index contributed by atoms with van der Waals surface area (Å²) >= 11 is 0. The van der Waals surface area contributed by atoms with Gasteiger partial charge in [-0.05, 0) is 25.5 Å². The average Bonchev–Trinajstić information content (AvgIpc) is 2.77. The summed E-state index contributed by atoms with van der Waals surface area (Å²) < 4.78 is 5.34. The molecule has 0 aromatic carbocycles. The van der Waals surface area contributed by atoms with E-state index in [-0.39, 0.29) is 17.9 Å². The Bertz CT molecular complexity index is 450. The van der Waals surface area contributed by atoms with E-state index in [1.807, 2.05) is 13.0 Å². The Hall–Kier alpha value is -1.93. The highest BCUT2D eigenvalue weighted by Crippen LogP contribution is 2.20. The first kappa shape index (κ1) is 11.6. The topological polar surface area (TPSA) is 75.0 Å². The van der Waals surface area contributed by atoms with Gasteiger partial charge in [-0.15, -0.1) is 0 Å². The van der Waals surface area contributed by atoms with Crippen molar-refractivity contribution in [1.82, 2.24) is 4.98 Å². The van der Waals surface area contributed by atoms with Gasteiger partial charge in [-0.3, -0.25) is 4.79 Å². The number of carbonyl (C=O) groups is 1. The van der Waals surface area contributed by atoms with Gasteiger partial charge in [-0.25, -0.2) is 4.98 Å². The predicted molar refractivity (Wildman–Crippen MR) is 61.1 cm³/mol. The van der Waals surface area contributed by atoms with Crippen LogP contribution in [0.5, 0.6) is 0 Å². The van der Waals surface area contributed by atoms with Crippen molar-refractivity contribution >= 4 is 11.7 Å². The average molecular weight is 231 g/mol. The highest BCUT2D eigenvalue weighted by molar-refractivity contribution is 5.91. The molecule has 0 bridgehead atoms. The van der Waals surface area contributed by atoms with Gasteiger partial charge in [0.1, 0.15) is 11.9 Å². The SMILES string of the molecule is CC1CC(C(=O)Nc2ccc(C#N)cn2)CO1. The Balaban J connectivity index is 1.96. The third-order valence-electron chi connectivity index (χ3n) is 2.71. The van der Waals surface area contributed by atoms with E-state index in [0.717, 1.165) is 6.42 Å². The molecule has 17 heavy (non-hydrogen) atoms. The fourth-order valence-corrected chi connectivity index (χ4v) is 1.76. The van der Waals surface area contributed by atoms with Crippen LogP contribution in [0, 0.1) is 17.2 Å². The van der Waals surface area contributed by atoms with E-state index in [0.29, 0.717) is 18.0 Å². The van der Waals surface area contributed by atoms with Crippen molar-refractivity contribution in [1.29, 1.82) is 5.26 Å². The molecule has 2 rings (SSSR count). The smallest absolute Gasteiger partial charge is 0.231 e. The van der Waals surface area contributed by atoms with E-state index >= 15 is 0 Å². The maximum absolute atomic E-state index is 11.8. The van der Waals surface area contributed by atoms with Crippen molar-refractivity contribution in [2.24, 2.45) is 5.92 Å². The summed E-state index contributed by atoms with van der Waals surface area (Å²) in [6.45, 7) is 2.41. The second-order valence-corrected chi connectivity index (χ2v) is 4.11. The molecule has 2 unspecified atom stereocenters. The van der Waals surface area contributed by atoms with Crippen LogP contribution in [0.2, 0.25) is 0 Å². The normalized spacial score (nSPS) is 23.1. The van der Waals surface area contributed by atoms with Gasteiger partial charge in [0.2, 0.25) is 5.91 Å². The molecule has 1 aliphatic heterocycles. The van der Waals surface area contributed by atoms with Crippen molar-refractivity contribution in [3.8, 4) is 6.07 Å². The number of pyridine rings is 1. The van der Waals surface area contributed by atoms with Crippen molar-refractivity contribution in [3.63, 3.8) is 0 Å². The number of amides is 1. The van der Waals surface area contributed by atoms with Crippen LogP contribution in [0.1, 0.15) is 18.9 Å². The van der Waals surface area contributed by atoms with E-state index in [1.54, 1.807) is 12.1 Å². The van der Waals surface area contributed by atoms with Gasteiger partial charge in [0.05, 0.1) is 24.2 Å². The van der Waals surface area contributed by atoms with Crippen molar-refractivity contribution < 1.29 is 9.53 Å². The standard InChI is InChI=1S/C12H13N3O2/c1-8-4-10(7-17-8)12(16)15-11-3-2-9(5-13)6-14-11/h2-3,6,8,10H,4,7H2,1H3,(H,14,15,16). The summed E-state index contributed by atoms with van der Waals surface area (Å²) in [6.07, 6.45) is 2.31. The number of nitrogens with one attached hydrogen (secondary N) is 1. The molecule has 0 spiro atoms. The van der Waals surface area contributed by atoms with Crippen molar-refractivity contribution in [2.75, 3.05) is 11.9 Å². The summed E-state index contributed by atoms with van der Waals surface area (Å²) in [4.78, 5) is 15.8. The second-order valence-electron chi connectivity index (χ2n) is 4.11. The van der Waals surface area contributed by atoms with E-state index < -0.39 is 0 Å². The Morgan fingerprint density at radius 3 is 3.00 bits per heavy atom. The first-order valence-corrected chi connectivity index (χ1v) is 5.47. The molecule has 1 N–H and O–H groups in total. The zero-order valence-electron chi connectivity index (χ0n) is 9.51. The molecule has 2 heterocycles. The lowest BCUT2D eigenvalue weighted by atomic mass is 10.1. The lowest BCUT2D eigenvalue weighted by Gasteiger charge is -2.08. The van der Waals surface area contributed by atoms with E-state index in [1.165, 1.54) is 6.20 Å². The van der Waals surface area contributed by atoms with Crippen LogP contribution in [0.15, 0.2) is 18.3 Å². The molecular weight excluding hydrogens is 218 g/mol. The summed E-state index contributed by atoms with van der Waals surface area (Å²) in [6, 6.07) is 5.22. The van der Waals surface area contributed by atoms with Crippen LogP contribution in [-0.4, -0.2) is 23.6 Å². The fourth-order valence-electron chi connectivity index (χ4n) is 1.76. The third kappa shape index (κ3) is 2.80. The molecule has 1 saturated heterocycles. The number of aromatic nitrogens is 1. The molecular formula is C12H13N3O2. The number of ether oxygens (including phenoxy) is 1. The minimum atomic E-state index is -0.109. The Morgan fingerprint density at radius 1 is 1.65 bits per heavy atom. The Labute approximate surface area is 99.4 Å². The molecule has 0 radical (unpaired) electrons. The largest absolute Gasteiger partial charge is 0.378 e. The van der Waals surface area contributed by atoms with Crippen LogP contribution in [0.25, 0.3) is 0 Å². The number of rotatable bonds is 2. The summed E-state index contributed by atoms with van der Waals surface area (Å²) in [5.41, 5.74) is 0.473. The molecule has 1 fully saturated rings. The second kappa shape index (κ2) is 4.93. The first-order valence-electron chi connectivity index (χ1n) is 5.47. The molecule has 0 aliphatic carbocycles. The summed E-state index contributed by atoms with van der Waals surface area (Å²) in [5.74, 6) is 0.280. The number of anilines is 1. The highest BCUT2D eigenvalue weighted by Gasteiger charge is 2.28. The minimum Gasteiger partial charge on any atom is -0.378 e. The van der Waals surface area contributed by atoms with E-state index in [9.17, 15) is 4.79 Å². The monoisotopic (exact) mass is 231 g/mol. The maximum atomic E-state index is 11.8. The van der Waals surface area contributed by atoms with Crippen LogP contribution in [0.3, 0.4) is 0 Å². The maximum Gasteiger partial charge on any atom is 0.231 e. The van der Waals surface area contributed by atoms with Gasteiger partial charge >= 0.3 is 0 Å². The summed E-state index contributed by atoms with van der Waals surface area (Å²) in [7, 11) is 0. The lowest BCUT2D eigenvalue weighted by molar-refractivity contribution is -0.119. The molecule has 1 aromatic rings. The molecule has 0 saturated carbocycles. The van der Waals surface area contributed by atoms with Gasteiger partial charge in [-0.2, -0.15) is 5.26 Å². The number of carbonyl (C=O) groups excluding carboxylic acids is 1. The number of nitriles is 1.